The number of phenolic OH excluding ortho intramolecular Hbond substituents is 1. The van der Waals surface area contributed by atoms with Gasteiger partial charge in [-0.1, -0.05) is 13.3 Å². The molecule has 3 nitrogen and oxygen atoms in total. The Morgan fingerprint density at radius 2 is 2.13 bits per heavy atom. The number of rotatable bonds is 4. The lowest BCUT2D eigenvalue weighted by Gasteiger charge is -2.13. The van der Waals surface area contributed by atoms with E-state index in [1.807, 2.05) is 0 Å². The molecule has 4 heteroatoms. The summed E-state index contributed by atoms with van der Waals surface area (Å²) in [4.78, 5) is 0. The molecule has 0 aliphatic carbocycles. The molecule has 0 saturated carbocycles. The minimum Gasteiger partial charge on any atom is -0.508 e. The van der Waals surface area contributed by atoms with Crippen LogP contribution >= 0.6 is 12.4 Å². The summed E-state index contributed by atoms with van der Waals surface area (Å²) in [5, 5.41) is 9.59. The molecule has 3 N–H and O–H groups in total. The molecule has 1 aromatic carbocycles. The number of phenols is 1. The van der Waals surface area contributed by atoms with Gasteiger partial charge in [-0.05, 0) is 24.6 Å². The van der Waals surface area contributed by atoms with Crippen molar-refractivity contribution in [3.05, 3.63) is 23.8 Å². The summed E-state index contributed by atoms with van der Waals surface area (Å²) in [6.45, 7) is 2.07. The van der Waals surface area contributed by atoms with Crippen molar-refractivity contribution in [2.45, 2.75) is 25.8 Å². The number of methoxy groups -OCH3 is 1. The molecule has 0 bridgehead atoms. The molecule has 0 aliphatic rings. The Morgan fingerprint density at radius 1 is 1.47 bits per heavy atom. The molecule has 0 unspecified atom stereocenters. The van der Waals surface area contributed by atoms with Crippen LogP contribution in [0.4, 0.5) is 0 Å². The number of hydrogen-bond donors (Lipinski definition) is 2. The maximum absolute atomic E-state index is 9.59. The van der Waals surface area contributed by atoms with Gasteiger partial charge in [0, 0.05) is 11.6 Å². The van der Waals surface area contributed by atoms with Crippen molar-refractivity contribution in [1.29, 1.82) is 0 Å². The van der Waals surface area contributed by atoms with E-state index in [4.69, 9.17) is 10.5 Å². The van der Waals surface area contributed by atoms with Crippen molar-refractivity contribution < 1.29 is 9.84 Å². The summed E-state index contributed by atoms with van der Waals surface area (Å²) < 4.78 is 5.07. The highest BCUT2D eigenvalue weighted by molar-refractivity contribution is 5.85. The fourth-order valence-electron chi connectivity index (χ4n) is 1.42. The largest absolute Gasteiger partial charge is 0.508 e. The smallest absolute Gasteiger partial charge is 0.120 e. The molecular formula is C11H18ClNO2. The molecule has 0 heterocycles. The summed E-state index contributed by atoms with van der Waals surface area (Å²) in [5.41, 5.74) is 6.67. The van der Waals surface area contributed by atoms with Crippen LogP contribution in [0.5, 0.6) is 11.5 Å². The van der Waals surface area contributed by atoms with Crippen LogP contribution in [-0.4, -0.2) is 12.2 Å². The predicted molar refractivity (Wildman–Crippen MR) is 63.7 cm³/mol. The molecule has 15 heavy (non-hydrogen) atoms. The van der Waals surface area contributed by atoms with E-state index in [0.29, 0.717) is 0 Å². The van der Waals surface area contributed by atoms with Crippen LogP contribution in [0, 0.1) is 0 Å². The van der Waals surface area contributed by atoms with Crippen LogP contribution < -0.4 is 10.5 Å². The van der Waals surface area contributed by atoms with Crippen molar-refractivity contribution in [2.24, 2.45) is 5.73 Å². The summed E-state index contributed by atoms with van der Waals surface area (Å²) in [6.07, 6.45) is 1.86. The van der Waals surface area contributed by atoms with E-state index < -0.39 is 0 Å². The van der Waals surface area contributed by atoms with Crippen molar-refractivity contribution >= 4 is 12.4 Å². The van der Waals surface area contributed by atoms with Gasteiger partial charge in [0.1, 0.15) is 11.5 Å². The van der Waals surface area contributed by atoms with E-state index in [0.717, 1.165) is 24.2 Å². The first-order valence-corrected chi connectivity index (χ1v) is 4.81. The second-order valence-corrected chi connectivity index (χ2v) is 3.32. The minimum atomic E-state index is -0.116. The Morgan fingerprint density at radius 3 is 2.67 bits per heavy atom. The third-order valence-corrected chi connectivity index (χ3v) is 2.23. The monoisotopic (exact) mass is 231 g/mol. The minimum absolute atomic E-state index is 0. The van der Waals surface area contributed by atoms with Crippen LogP contribution in [-0.2, 0) is 0 Å². The van der Waals surface area contributed by atoms with E-state index in [9.17, 15) is 5.11 Å². The topological polar surface area (TPSA) is 55.5 Å². The van der Waals surface area contributed by atoms with Crippen LogP contribution in [0.25, 0.3) is 0 Å². The maximum Gasteiger partial charge on any atom is 0.120 e. The average Bonchev–Trinajstić information content (AvgIpc) is 2.19. The molecule has 0 radical (unpaired) electrons. The maximum atomic E-state index is 9.59. The van der Waals surface area contributed by atoms with Gasteiger partial charge in [-0.2, -0.15) is 0 Å². The molecule has 86 valence electrons. The van der Waals surface area contributed by atoms with E-state index in [-0.39, 0.29) is 24.2 Å². The van der Waals surface area contributed by atoms with Crippen molar-refractivity contribution in [3.63, 3.8) is 0 Å². The first-order valence-electron chi connectivity index (χ1n) is 4.81. The lowest BCUT2D eigenvalue weighted by Crippen LogP contribution is -2.09. The van der Waals surface area contributed by atoms with Gasteiger partial charge in [0.05, 0.1) is 7.11 Å². The van der Waals surface area contributed by atoms with Gasteiger partial charge < -0.3 is 15.6 Å². The van der Waals surface area contributed by atoms with Crippen LogP contribution in [0.15, 0.2) is 18.2 Å². The van der Waals surface area contributed by atoms with Gasteiger partial charge in [-0.3, -0.25) is 0 Å². The Kier molecular flexibility index (Phi) is 6.13. The molecule has 1 atom stereocenters. The van der Waals surface area contributed by atoms with Crippen molar-refractivity contribution in [1.82, 2.24) is 0 Å². The Bertz CT molecular complexity index is 305. The van der Waals surface area contributed by atoms with Gasteiger partial charge in [0.25, 0.3) is 0 Å². The lowest BCUT2D eigenvalue weighted by atomic mass is 10.0. The van der Waals surface area contributed by atoms with E-state index in [1.54, 1.807) is 25.3 Å². The zero-order chi connectivity index (χ0) is 10.6. The number of nitrogens with two attached hydrogens (primary N) is 1. The predicted octanol–water partition coefficient (Wildman–Crippen LogP) is 2.62. The van der Waals surface area contributed by atoms with Crippen LogP contribution in [0.1, 0.15) is 31.4 Å². The molecule has 0 saturated heterocycles. The highest BCUT2D eigenvalue weighted by Crippen LogP contribution is 2.29. The van der Waals surface area contributed by atoms with Crippen molar-refractivity contribution in [2.75, 3.05) is 7.11 Å². The SMILES string of the molecule is CCC[C@H](N)c1cc(OC)ccc1O.Cl. The fraction of sp³-hybridized carbons (Fsp3) is 0.455. The van der Waals surface area contributed by atoms with Gasteiger partial charge in [0.2, 0.25) is 0 Å². The highest BCUT2D eigenvalue weighted by Gasteiger charge is 2.10. The Hall–Kier alpha value is -0.930. The normalized spacial score (nSPS) is 11.7. The number of aromatic hydroxyl groups is 1. The summed E-state index contributed by atoms with van der Waals surface area (Å²) >= 11 is 0. The van der Waals surface area contributed by atoms with Gasteiger partial charge in [-0.15, -0.1) is 12.4 Å². The molecule has 0 amide bonds. The van der Waals surface area contributed by atoms with Gasteiger partial charge in [0.15, 0.2) is 0 Å². The fourth-order valence-corrected chi connectivity index (χ4v) is 1.42. The molecule has 0 spiro atoms. The lowest BCUT2D eigenvalue weighted by molar-refractivity contribution is 0.408. The quantitative estimate of drug-likeness (QED) is 0.838. The zero-order valence-electron chi connectivity index (χ0n) is 9.06. The van der Waals surface area contributed by atoms with E-state index in [2.05, 4.69) is 6.92 Å². The molecule has 1 aromatic rings. The molecule has 0 aliphatic heterocycles. The average molecular weight is 232 g/mol. The zero-order valence-corrected chi connectivity index (χ0v) is 9.88. The molecule has 1 rings (SSSR count). The third kappa shape index (κ3) is 3.61. The third-order valence-electron chi connectivity index (χ3n) is 2.23. The number of benzene rings is 1. The summed E-state index contributed by atoms with van der Waals surface area (Å²) in [5.74, 6) is 0.969. The number of ether oxygens (including phenoxy) is 1. The Balaban J connectivity index is 0.00000196. The molecular weight excluding hydrogens is 214 g/mol. The second kappa shape index (κ2) is 6.53. The van der Waals surface area contributed by atoms with Crippen molar-refractivity contribution in [3.8, 4) is 11.5 Å². The summed E-state index contributed by atoms with van der Waals surface area (Å²) in [6, 6.07) is 5.01. The summed E-state index contributed by atoms with van der Waals surface area (Å²) in [7, 11) is 1.60. The standard InChI is InChI=1S/C11H17NO2.ClH/c1-3-4-10(12)9-7-8(14-2)5-6-11(9)13;/h5-7,10,13H,3-4,12H2,1-2H3;1H/t10-;/m0./s1. The molecule has 0 fully saturated rings. The van der Waals surface area contributed by atoms with Gasteiger partial charge in [-0.25, -0.2) is 0 Å². The van der Waals surface area contributed by atoms with E-state index >= 15 is 0 Å². The van der Waals surface area contributed by atoms with Crippen LogP contribution in [0.3, 0.4) is 0 Å². The Labute approximate surface area is 96.7 Å². The second-order valence-electron chi connectivity index (χ2n) is 3.32. The molecule has 0 aromatic heterocycles. The highest BCUT2D eigenvalue weighted by atomic mass is 35.5. The first-order chi connectivity index (χ1) is 6.69. The van der Waals surface area contributed by atoms with Crippen LogP contribution in [0.2, 0.25) is 0 Å². The number of halogens is 1. The first kappa shape index (κ1) is 14.1. The van der Waals surface area contributed by atoms with Gasteiger partial charge >= 0.3 is 0 Å². The number of hydrogen-bond acceptors (Lipinski definition) is 3. The van der Waals surface area contributed by atoms with E-state index in [1.165, 1.54) is 0 Å².